The van der Waals surface area contributed by atoms with E-state index in [0.29, 0.717) is 0 Å². The zero-order valence-corrected chi connectivity index (χ0v) is 8.88. The highest BCUT2D eigenvalue weighted by Crippen LogP contribution is 2.17. The van der Waals surface area contributed by atoms with Gasteiger partial charge in [-0.05, 0) is 18.2 Å². The van der Waals surface area contributed by atoms with Crippen LogP contribution in [0.2, 0.25) is 0 Å². The molecule has 0 fully saturated rings. The molecule has 0 saturated carbocycles. The highest BCUT2D eigenvalue weighted by Gasteiger charge is 2.22. The Balaban J connectivity index is 2.22. The van der Waals surface area contributed by atoms with E-state index in [1.807, 2.05) is 0 Å². The Kier molecular flexibility index (Phi) is 3.00. The van der Waals surface area contributed by atoms with E-state index < -0.39 is 22.3 Å². The average molecular weight is 250 g/mol. The van der Waals surface area contributed by atoms with Gasteiger partial charge in [-0.25, -0.2) is 4.39 Å². The summed E-state index contributed by atoms with van der Waals surface area (Å²) in [7, 11) is 0. The van der Waals surface area contributed by atoms with Gasteiger partial charge in [0.25, 0.3) is 5.91 Å². The molecule has 0 atom stereocenters. The van der Waals surface area contributed by atoms with E-state index >= 15 is 0 Å². The molecule has 18 heavy (non-hydrogen) atoms. The van der Waals surface area contributed by atoms with Crippen LogP contribution in [0.3, 0.4) is 0 Å². The van der Waals surface area contributed by atoms with E-state index in [2.05, 4.69) is 15.5 Å². The van der Waals surface area contributed by atoms with Crippen LogP contribution in [0.15, 0.2) is 30.5 Å². The number of H-pyrrole nitrogens is 1. The minimum Gasteiger partial charge on any atom is -0.320 e. The lowest BCUT2D eigenvalue weighted by Gasteiger charge is -2.02. The van der Waals surface area contributed by atoms with Crippen molar-refractivity contribution in [3.63, 3.8) is 0 Å². The first kappa shape index (κ1) is 11.7. The van der Waals surface area contributed by atoms with Gasteiger partial charge in [-0.15, -0.1) is 0 Å². The van der Waals surface area contributed by atoms with Crippen LogP contribution in [0.1, 0.15) is 10.5 Å². The fourth-order valence-electron chi connectivity index (χ4n) is 1.35. The van der Waals surface area contributed by atoms with E-state index in [-0.39, 0.29) is 11.4 Å². The van der Waals surface area contributed by atoms with Gasteiger partial charge < -0.3 is 5.32 Å². The Labute approximate surface area is 99.8 Å². The third kappa shape index (κ3) is 2.32. The van der Waals surface area contributed by atoms with Crippen molar-refractivity contribution in [1.29, 1.82) is 0 Å². The number of halogens is 1. The Morgan fingerprint density at radius 1 is 1.50 bits per heavy atom. The van der Waals surface area contributed by atoms with Crippen molar-refractivity contribution in [2.45, 2.75) is 0 Å². The van der Waals surface area contributed by atoms with Crippen LogP contribution in [0.5, 0.6) is 0 Å². The fourth-order valence-corrected chi connectivity index (χ4v) is 1.35. The number of carbonyl (C=O) groups excluding carboxylic acids is 1. The van der Waals surface area contributed by atoms with Gasteiger partial charge in [0.1, 0.15) is 12.0 Å². The van der Waals surface area contributed by atoms with Crippen LogP contribution in [-0.4, -0.2) is 21.0 Å². The van der Waals surface area contributed by atoms with E-state index in [9.17, 15) is 19.3 Å². The number of carbonyl (C=O) groups is 1. The van der Waals surface area contributed by atoms with Gasteiger partial charge in [0.15, 0.2) is 0 Å². The van der Waals surface area contributed by atoms with Crippen molar-refractivity contribution in [1.82, 2.24) is 10.2 Å². The summed E-state index contributed by atoms with van der Waals surface area (Å²) in [5, 5.41) is 18.6. The molecule has 8 heteroatoms. The molecule has 0 saturated heterocycles. The molecular formula is C10H7FN4O3. The summed E-state index contributed by atoms with van der Waals surface area (Å²) < 4.78 is 12.9. The number of aromatic amines is 1. The first-order valence-corrected chi connectivity index (χ1v) is 4.82. The second-order valence-corrected chi connectivity index (χ2v) is 3.35. The number of amides is 1. The maximum atomic E-state index is 12.9. The SMILES string of the molecule is O=C(Nc1cccc(F)c1)c1[nH]ncc1[N+](=O)[O-]. The second kappa shape index (κ2) is 4.62. The smallest absolute Gasteiger partial charge is 0.319 e. The quantitative estimate of drug-likeness (QED) is 0.639. The summed E-state index contributed by atoms with van der Waals surface area (Å²) in [4.78, 5) is 21.6. The number of aromatic nitrogens is 2. The van der Waals surface area contributed by atoms with Crippen molar-refractivity contribution < 1.29 is 14.1 Å². The highest BCUT2D eigenvalue weighted by atomic mass is 19.1. The van der Waals surface area contributed by atoms with Crippen molar-refractivity contribution >= 4 is 17.3 Å². The summed E-state index contributed by atoms with van der Waals surface area (Å²) in [5.74, 6) is -1.28. The monoisotopic (exact) mass is 250 g/mol. The lowest BCUT2D eigenvalue weighted by Crippen LogP contribution is -2.14. The second-order valence-electron chi connectivity index (χ2n) is 3.35. The Hall–Kier alpha value is -2.77. The number of nitrogens with zero attached hydrogens (tertiary/aromatic N) is 2. The molecule has 2 aromatic rings. The highest BCUT2D eigenvalue weighted by molar-refractivity contribution is 6.05. The Bertz CT molecular complexity index is 611. The summed E-state index contributed by atoms with van der Waals surface area (Å²) in [6, 6.07) is 5.18. The summed E-state index contributed by atoms with van der Waals surface area (Å²) in [6.45, 7) is 0. The van der Waals surface area contributed by atoms with E-state index in [1.54, 1.807) is 0 Å². The van der Waals surface area contributed by atoms with Crippen LogP contribution in [-0.2, 0) is 0 Å². The van der Waals surface area contributed by atoms with E-state index in [0.717, 1.165) is 12.3 Å². The standard InChI is InChI=1S/C10H7FN4O3/c11-6-2-1-3-7(4-6)13-10(16)9-8(15(17)18)5-12-14-9/h1-5H,(H,12,14)(H,13,16). The molecule has 0 unspecified atom stereocenters. The Morgan fingerprint density at radius 2 is 2.28 bits per heavy atom. The van der Waals surface area contributed by atoms with Gasteiger partial charge in [-0.3, -0.25) is 20.0 Å². The van der Waals surface area contributed by atoms with Crippen LogP contribution in [0.4, 0.5) is 15.8 Å². The van der Waals surface area contributed by atoms with Crippen molar-refractivity contribution in [3.05, 3.63) is 52.1 Å². The number of benzene rings is 1. The zero-order valence-electron chi connectivity index (χ0n) is 8.88. The number of anilines is 1. The molecule has 0 aliphatic rings. The molecule has 1 aromatic heterocycles. The maximum Gasteiger partial charge on any atom is 0.319 e. The molecule has 0 spiro atoms. The summed E-state index contributed by atoms with van der Waals surface area (Å²) in [5.41, 5.74) is -0.530. The number of nitro groups is 1. The lowest BCUT2D eigenvalue weighted by molar-refractivity contribution is -0.385. The molecule has 1 aromatic carbocycles. The summed E-state index contributed by atoms with van der Waals surface area (Å²) >= 11 is 0. The first-order valence-electron chi connectivity index (χ1n) is 4.82. The third-order valence-corrected chi connectivity index (χ3v) is 2.13. The predicted molar refractivity (Wildman–Crippen MR) is 59.6 cm³/mol. The number of nitrogens with one attached hydrogen (secondary N) is 2. The predicted octanol–water partition coefficient (Wildman–Crippen LogP) is 1.71. The van der Waals surface area contributed by atoms with Crippen LogP contribution in [0.25, 0.3) is 0 Å². The molecule has 0 radical (unpaired) electrons. The van der Waals surface area contributed by atoms with Gasteiger partial charge in [0, 0.05) is 5.69 Å². The molecule has 2 N–H and O–H groups in total. The normalized spacial score (nSPS) is 10.1. The van der Waals surface area contributed by atoms with Crippen LogP contribution < -0.4 is 5.32 Å². The van der Waals surface area contributed by atoms with Gasteiger partial charge in [0.05, 0.1) is 4.92 Å². The van der Waals surface area contributed by atoms with Crippen LogP contribution >= 0.6 is 0 Å². The molecule has 0 aliphatic heterocycles. The molecule has 1 amide bonds. The van der Waals surface area contributed by atoms with Gasteiger partial charge in [-0.2, -0.15) is 5.10 Å². The number of rotatable bonds is 3. The molecule has 92 valence electrons. The minimum absolute atomic E-state index is 0.198. The minimum atomic E-state index is -0.759. The average Bonchev–Trinajstić information content (AvgIpc) is 2.77. The van der Waals surface area contributed by atoms with Crippen molar-refractivity contribution in [2.24, 2.45) is 0 Å². The first-order chi connectivity index (χ1) is 8.58. The Morgan fingerprint density at radius 3 is 2.94 bits per heavy atom. The van der Waals surface area contributed by atoms with E-state index in [4.69, 9.17) is 0 Å². The third-order valence-electron chi connectivity index (χ3n) is 2.13. The maximum absolute atomic E-state index is 12.9. The number of hydrogen-bond acceptors (Lipinski definition) is 4. The fraction of sp³-hybridized carbons (Fsp3) is 0. The molecule has 0 aliphatic carbocycles. The molecule has 2 rings (SSSR count). The van der Waals surface area contributed by atoms with Gasteiger partial charge in [-0.1, -0.05) is 6.07 Å². The molecule has 7 nitrogen and oxygen atoms in total. The van der Waals surface area contributed by atoms with Gasteiger partial charge in [0.2, 0.25) is 5.69 Å². The van der Waals surface area contributed by atoms with Crippen molar-refractivity contribution in [3.8, 4) is 0 Å². The lowest BCUT2D eigenvalue weighted by atomic mass is 10.3. The largest absolute Gasteiger partial charge is 0.320 e. The van der Waals surface area contributed by atoms with Crippen molar-refractivity contribution in [2.75, 3.05) is 5.32 Å². The van der Waals surface area contributed by atoms with Crippen LogP contribution in [0, 0.1) is 15.9 Å². The topological polar surface area (TPSA) is 101 Å². The zero-order chi connectivity index (χ0) is 13.1. The summed E-state index contributed by atoms with van der Waals surface area (Å²) in [6.07, 6.45) is 0.931. The molecule has 1 heterocycles. The number of hydrogen-bond donors (Lipinski definition) is 2. The van der Waals surface area contributed by atoms with Gasteiger partial charge >= 0.3 is 5.69 Å². The van der Waals surface area contributed by atoms with E-state index in [1.165, 1.54) is 18.2 Å². The molecule has 0 bridgehead atoms. The molecular weight excluding hydrogens is 243 g/mol.